The lowest BCUT2D eigenvalue weighted by Gasteiger charge is -2.08. The SMILES string of the molecule is O=C(Nc1cc(Cl)cc(Cl)c1O)c1c[nH]c(=O)[nH]1. The molecule has 0 atom stereocenters. The number of aromatic amines is 2. The Morgan fingerprint density at radius 2 is 2.06 bits per heavy atom. The molecular weight excluding hydrogens is 281 g/mol. The molecule has 1 aromatic heterocycles. The van der Waals surface area contributed by atoms with Crippen LogP contribution in [-0.4, -0.2) is 21.0 Å². The quantitative estimate of drug-likeness (QED) is 0.636. The number of amides is 1. The van der Waals surface area contributed by atoms with E-state index >= 15 is 0 Å². The summed E-state index contributed by atoms with van der Waals surface area (Å²) in [6.45, 7) is 0. The number of aromatic nitrogens is 2. The summed E-state index contributed by atoms with van der Waals surface area (Å²) in [5.41, 5.74) is -0.427. The van der Waals surface area contributed by atoms with E-state index < -0.39 is 11.6 Å². The Hall–Kier alpha value is -1.92. The van der Waals surface area contributed by atoms with Gasteiger partial charge in [0, 0.05) is 11.2 Å². The zero-order valence-electron chi connectivity index (χ0n) is 8.75. The first-order valence-electron chi connectivity index (χ1n) is 4.74. The molecule has 0 saturated carbocycles. The summed E-state index contributed by atoms with van der Waals surface area (Å²) in [5.74, 6) is -0.908. The summed E-state index contributed by atoms with van der Waals surface area (Å²) >= 11 is 11.4. The number of carbonyl (C=O) groups excluding carboxylic acids is 1. The van der Waals surface area contributed by atoms with Crippen LogP contribution in [0, 0.1) is 0 Å². The molecular formula is C10H7Cl2N3O3. The lowest BCUT2D eigenvalue weighted by Crippen LogP contribution is -2.14. The molecule has 0 aliphatic rings. The molecule has 18 heavy (non-hydrogen) atoms. The highest BCUT2D eigenvalue weighted by atomic mass is 35.5. The Kier molecular flexibility index (Phi) is 3.31. The van der Waals surface area contributed by atoms with Gasteiger partial charge in [0.15, 0.2) is 5.75 Å². The average molecular weight is 288 g/mol. The van der Waals surface area contributed by atoms with Crippen molar-refractivity contribution in [3.05, 3.63) is 44.6 Å². The maximum absolute atomic E-state index is 11.7. The topological polar surface area (TPSA) is 98.0 Å². The fraction of sp³-hybridized carbons (Fsp3) is 0. The van der Waals surface area contributed by atoms with Gasteiger partial charge in [-0.1, -0.05) is 23.2 Å². The number of aromatic hydroxyl groups is 1. The summed E-state index contributed by atoms with van der Waals surface area (Å²) in [7, 11) is 0. The molecule has 0 spiro atoms. The van der Waals surface area contributed by atoms with E-state index in [9.17, 15) is 14.7 Å². The second-order valence-electron chi connectivity index (χ2n) is 3.39. The zero-order chi connectivity index (χ0) is 13.3. The Morgan fingerprint density at radius 3 is 2.67 bits per heavy atom. The molecule has 0 bridgehead atoms. The van der Waals surface area contributed by atoms with E-state index in [1.54, 1.807) is 0 Å². The van der Waals surface area contributed by atoms with Crippen molar-refractivity contribution in [2.45, 2.75) is 0 Å². The number of carbonyl (C=O) groups is 1. The van der Waals surface area contributed by atoms with Crippen LogP contribution in [0.5, 0.6) is 5.75 Å². The van der Waals surface area contributed by atoms with Crippen molar-refractivity contribution in [1.82, 2.24) is 9.97 Å². The number of hydrogen-bond donors (Lipinski definition) is 4. The molecule has 8 heteroatoms. The minimum absolute atomic E-state index is 0.0142. The predicted molar refractivity (Wildman–Crippen MR) is 67.5 cm³/mol. The number of benzene rings is 1. The Balaban J connectivity index is 2.29. The second-order valence-corrected chi connectivity index (χ2v) is 4.24. The first kappa shape index (κ1) is 12.5. The van der Waals surface area contributed by atoms with Gasteiger partial charge >= 0.3 is 5.69 Å². The maximum atomic E-state index is 11.7. The minimum atomic E-state index is -0.609. The number of imidazole rings is 1. The van der Waals surface area contributed by atoms with Crippen molar-refractivity contribution in [2.75, 3.05) is 5.32 Å². The van der Waals surface area contributed by atoms with Crippen molar-refractivity contribution >= 4 is 34.8 Å². The van der Waals surface area contributed by atoms with Crippen molar-refractivity contribution in [3.63, 3.8) is 0 Å². The normalized spacial score (nSPS) is 10.3. The van der Waals surface area contributed by atoms with Gasteiger partial charge in [-0.2, -0.15) is 0 Å². The highest BCUT2D eigenvalue weighted by Gasteiger charge is 2.13. The van der Waals surface area contributed by atoms with E-state index in [-0.39, 0.29) is 27.2 Å². The van der Waals surface area contributed by atoms with Gasteiger partial charge in [-0.3, -0.25) is 4.79 Å². The number of nitrogens with one attached hydrogen (secondary N) is 3. The molecule has 1 heterocycles. The highest BCUT2D eigenvalue weighted by molar-refractivity contribution is 6.36. The maximum Gasteiger partial charge on any atom is 0.323 e. The van der Waals surface area contributed by atoms with Crippen molar-refractivity contribution < 1.29 is 9.90 Å². The molecule has 0 fully saturated rings. The lowest BCUT2D eigenvalue weighted by atomic mass is 10.3. The fourth-order valence-electron chi connectivity index (χ4n) is 1.31. The van der Waals surface area contributed by atoms with Crippen LogP contribution in [0.4, 0.5) is 5.69 Å². The highest BCUT2D eigenvalue weighted by Crippen LogP contribution is 2.35. The first-order valence-corrected chi connectivity index (χ1v) is 5.50. The van der Waals surface area contributed by atoms with Crippen LogP contribution in [0.25, 0.3) is 0 Å². The van der Waals surface area contributed by atoms with Gasteiger partial charge in [0.1, 0.15) is 5.69 Å². The first-order chi connectivity index (χ1) is 8.47. The van der Waals surface area contributed by atoms with Crippen molar-refractivity contribution in [1.29, 1.82) is 0 Å². The molecule has 1 aromatic carbocycles. The van der Waals surface area contributed by atoms with E-state index in [0.717, 1.165) is 0 Å². The van der Waals surface area contributed by atoms with E-state index in [0.29, 0.717) is 0 Å². The van der Waals surface area contributed by atoms with Crippen LogP contribution >= 0.6 is 23.2 Å². The largest absolute Gasteiger partial charge is 0.504 e. The predicted octanol–water partition coefficient (Wildman–Crippen LogP) is 1.97. The van der Waals surface area contributed by atoms with Crippen LogP contribution < -0.4 is 11.0 Å². The van der Waals surface area contributed by atoms with Gasteiger partial charge in [-0.05, 0) is 12.1 Å². The summed E-state index contributed by atoms with van der Waals surface area (Å²) < 4.78 is 0. The minimum Gasteiger partial charge on any atom is -0.504 e. The number of phenolic OH excluding ortho intramolecular Hbond substituents is 1. The van der Waals surface area contributed by atoms with Gasteiger partial charge in [0.25, 0.3) is 5.91 Å². The van der Waals surface area contributed by atoms with Gasteiger partial charge in [0.05, 0.1) is 10.7 Å². The van der Waals surface area contributed by atoms with Crippen molar-refractivity contribution in [3.8, 4) is 5.75 Å². The lowest BCUT2D eigenvalue weighted by molar-refractivity contribution is 0.102. The number of halogens is 2. The third-order valence-electron chi connectivity index (χ3n) is 2.12. The summed E-state index contributed by atoms with van der Waals surface area (Å²) in [6.07, 6.45) is 1.21. The fourth-order valence-corrected chi connectivity index (χ4v) is 1.80. The molecule has 0 radical (unpaired) electrons. The van der Waals surface area contributed by atoms with Crippen LogP contribution in [-0.2, 0) is 0 Å². The number of anilines is 1. The van der Waals surface area contributed by atoms with Gasteiger partial charge in [0.2, 0.25) is 0 Å². The summed E-state index contributed by atoms with van der Waals surface area (Å²) in [6, 6.07) is 2.68. The number of phenols is 1. The Bertz CT molecular complexity index is 663. The summed E-state index contributed by atoms with van der Waals surface area (Å²) in [4.78, 5) is 27.1. The molecule has 0 saturated heterocycles. The molecule has 4 N–H and O–H groups in total. The number of rotatable bonds is 2. The van der Waals surface area contributed by atoms with Gasteiger partial charge in [-0.25, -0.2) is 4.79 Å². The monoisotopic (exact) mass is 287 g/mol. The van der Waals surface area contributed by atoms with Gasteiger partial charge in [-0.15, -0.1) is 0 Å². The Labute approximate surface area is 111 Å². The Morgan fingerprint density at radius 1 is 1.33 bits per heavy atom. The van der Waals surface area contributed by atoms with Crippen molar-refractivity contribution in [2.24, 2.45) is 0 Å². The van der Waals surface area contributed by atoms with Crippen LogP contribution in [0.1, 0.15) is 10.5 Å². The summed E-state index contributed by atoms with van der Waals surface area (Å²) in [5, 5.41) is 12.3. The molecule has 1 amide bonds. The van der Waals surface area contributed by atoms with Crippen LogP contribution in [0.3, 0.4) is 0 Å². The molecule has 2 aromatic rings. The van der Waals surface area contributed by atoms with E-state index in [1.165, 1.54) is 18.3 Å². The molecule has 0 aliphatic heterocycles. The van der Waals surface area contributed by atoms with E-state index in [4.69, 9.17) is 23.2 Å². The molecule has 0 unspecified atom stereocenters. The molecule has 6 nitrogen and oxygen atoms in total. The van der Waals surface area contributed by atoms with E-state index in [2.05, 4.69) is 15.3 Å². The molecule has 94 valence electrons. The third-order valence-corrected chi connectivity index (χ3v) is 2.62. The van der Waals surface area contributed by atoms with E-state index in [1.807, 2.05) is 0 Å². The third kappa shape index (κ3) is 2.49. The number of H-pyrrole nitrogens is 2. The average Bonchev–Trinajstić information content (AvgIpc) is 2.72. The zero-order valence-corrected chi connectivity index (χ0v) is 10.3. The molecule has 2 rings (SSSR count). The van der Waals surface area contributed by atoms with Crippen LogP contribution in [0.15, 0.2) is 23.1 Å². The second kappa shape index (κ2) is 4.75. The molecule has 0 aliphatic carbocycles. The number of hydrogen-bond acceptors (Lipinski definition) is 3. The standard InChI is InChI=1S/C10H7Cl2N3O3/c11-4-1-5(12)8(16)6(2-4)14-9(17)7-3-13-10(18)15-7/h1-3,16H,(H,14,17)(H2,13,15,18). The van der Waals surface area contributed by atoms with Gasteiger partial charge < -0.3 is 20.4 Å². The van der Waals surface area contributed by atoms with Crippen LogP contribution in [0.2, 0.25) is 10.0 Å². The smallest absolute Gasteiger partial charge is 0.323 e.